The summed E-state index contributed by atoms with van der Waals surface area (Å²) in [4.78, 5) is 38.7. The third-order valence-electron chi connectivity index (χ3n) is 6.09. The molecule has 0 saturated carbocycles. The summed E-state index contributed by atoms with van der Waals surface area (Å²) in [5.41, 5.74) is 0.184. The number of carbonyl (C=O) groups is 2. The van der Waals surface area contributed by atoms with Gasteiger partial charge in [0.05, 0.1) is 15.5 Å². The number of anilines is 1. The van der Waals surface area contributed by atoms with Crippen molar-refractivity contribution in [3.05, 3.63) is 98.5 Å². The summed E-state index contributed by atoms with van der Waals surface area (Å²) in [6.07, 6.45) is 0.225. The molecule has 0 aliphatic carbocycles. The average Bonchev–Trinajstić information content (AvgIpc) is 2.93. The zero-order chi connectivity index (χ0) is 29.4. The highest BCUT2D eigenvalue weighted by Crippen LogP contribution is 2.29. The van der Waals surface area contributed by atoms with E-state index in [-0.39, 0.29) is 39.3 Å². The zero-order valence-electron chi connectivity index (χ0n) is 21.8. The van der Waals surface area contributed by atoms with Crippen molar-refractivity contribution in [2.24, 2.45) is 0 Å². The number of non-ortho nitro benzene ring substituents is 1. The van der Waals surface area contributed by atoms with E-state index in [0.717, 1.165) is 16.4 Å². The number of hydrogen-bond acceptors (Lipinski definition) is 6. The van der Waals surface area contributed by atoms with Crippen LogP contribution in [-0.4, -0.2) is 49.2 Å². The molecule has 0 unspecified atom stereocenters. The highest BCUT2D eigenvalue weighted by molar-refractivity contribution is 7.92. The monoisotopic (exact) mass is 606 g/mol. The van der Waals surface area contributed by atoms with Gasteiger partial charge in [-0.1, -0.05) is 54.4 Å². The summed E-state index contributed by atoms with van der Waals surface area (Å²) >= 11 is 12.8. The lowest BCUT2D eigenvalue weighted by molar-refractivity contribution is -0.384. The maximum Gasteiger partial charge on any atom is 0.269 e. The van der Waals surface area contributed by atoms with E-state index in [9.17, 15) is 28.1 Å². The molecule has 0 aliphatic rings. The lowest BCUT2D eigenvalue weighted by Crippen LogP contribution is -2.52. The van der Waals surface area contributed by atoms with Gasteiger partial charge in [0, 0.05) is 40.8 Å². The number of carbonyl (C=O) groups excluding carboxylic acids is 2. The molecule has 2 amide bonds. The van der Waals surface area contributed by atoms with Crippen LogP contribution in [0.2, 0.25) is 10.0 Å². The van der Waals surface area contributed by atoms with E-state index in [1.807, 2.05) is 0 Å². The first kappa shape index (κ1) is 30.9. The maximum atomic E-state index is 14.0. The minimum Gasteiger partial charge on any atom is -0.355 e. The van der Waals surface area contributed by atoms with Gasteiger partial charge in [0.1, 0.15) is 12.6 Å². The van der Waals surface area contributed by atoms with Gasteiger partial charge >= 0.3 is 0 Å². The van der Waals surface area contributed by atoms with Gasteiger partial charge in [-0.05, 0) is 49.7 Å². The third-order valence-corrected chi connectivity index (χ3v) is 8.58. The van der Waals surface area contributed by atoms with Crippen molar-refractivity contribution in [2.75, 3.05) is 17.4 Å². The molecule has 40 heavy (non-hydrogen) atoms. The molecule has 0 aliphatic heterocycles. The van der Waals surface area contributed by atoms with Gasteiger partial charge < -0.3 is 10.2 Å². The Morgan fingerprint density at radius 1 is 0.950 bits per heavy atom. The molecule has 0 heterocycles. The molecule has 0 bridgehead atoms. The molecular formula is C27H28Cl2N4O6S. The molecule has 0 fully saturated rings. The molecule has 212 valence electrons. The number of benzene rings is 3. The molecule has 10 nitrogen and oxygen atoms in total. The molecule has 0 aromatic heterocycles. The van der Waals surface area contributed by atoms with E-state index in [1.54, 1.807) is 38.1 Å². The van der Waals surface area contributed by atoms with E-state index in [2.05, 4.69) is 5.32 Å². The first-order valence-electron chi connectivity index (χ1n) is 12.3. The van der Waals surface area contributed by atoms with Crippen molar-refractivity contribution in [2.45, 2.75) is 37.8 Å². The van der Waals surface area contributed by atoms with Crippen LogP contribution in [0.3, 0.4) is 0 Å². The minimum atomic E-state index is -4.30. The SMILES string of the molecule is CCNC(=O)[C@@H](CC)N(Cc1c(Cl)cccc1Cl)C(=O)CN(c1ccc([N+](=O)[O-])cc1)S(=O)(=O)c1ccccc1. The lowest BCUT2D eigenvalue weighted by atomic mass is 10.1. The maximum absolute atomic E-state index is 14.0. The predicted octanol–water partition coefficient (Wildman–Crippen LogP) is 5.04. The minimum absolute atomic E-state index is 0.0320. The van der Waals surface area contributed by atoms with Crippen molar-refractivity contribution in [1.29, 1.82) is 0 Å². The van der Waals surface area contributed by atoms with Crippen molar-refractivity contribution < 1.29 is 22.9 Å². The number of hydrogen-bond donors (Lipinski definition) is 1. The summed E-state index contributed by atoms with van der Waals surface area (Å²) in [7, 11) is -4.30. The summed E-state index contributed by atoms with van der Waals surface area (Å²) in [5.74, 6) is -1.12. The molecule has 3 rings (SSSR count). The van der Waals surface area contributed by atoms with Crippen molar-refractivity contribution in [1.82, 2.24) is 10.2 Å². The topological polar surface area (TPSA) is 130 Å². The van der Waals surface area contributed by atoms with Gasteiger partial charge in [-0.2, -0.15) is 0 Å². The highest BCUT2D eigenvalue weighted by Gasteiger charge is 2.34. The Bertz CT molecular complexity index is 1450. The van der Waals surface area contributed by atoms with E-state index in [4.69, 9.17) is 23.2 Å². The molecular weight excluding hydrogens is 579 g/mol. The Morgan fingerprint density at radius 2 is 1.55 bits per heavy atom. The van der Waals surface area contributed by atoms with E-state index >= 15 is 0 Å². The molecule has 13 heteroatoms. The Balaban J connectivity index is 2.10. The van der Waals surface area contributed by atoms with Gasteiger partial charge in [0.2, 0.25) is 11.8 Å². The smallest absolute Gasteiger partial charge is 0.269 e. The van der Waals surface area contributed by atoms with Crippen LogP contribution in [0.4, 0.5) is 11.4 Å². The van der Waals surface area contributed by atoms with Crippen molar-refractivity contribution >= 4 is 56.4 Å². The van der Waals surface area contributed by atoms with Crippen LogP contribution in [0.25, 0.3) is 0 Å². The Morgan fingerprint density at radius 3 is 2.08 bits per heavy atom. The second-order valence-corrected chi connectivity index (χ2v) is 11.3. The van der Waals surface area contributed by atoms with E-state index < -0.39 is 39.3 Å². The van der Waals surface area contributed by atoms with Crippen LogP contribution in [0.5, 0.6) is 0 Å². The number of nitro groups is 1. The second-order valence-electron chi connectivity index (χ2n) is 8.64. The van der Waals surface area contributed by atoms with Crippen molar-refractivity contribution in [3.8, 4) is 0 Å². The average molecular weight is 608 g/mol. The lowest BCUT2D eigenvalue weighted by Gasteiger charge is -2.33. The quantitative estimate of drug-likeness (QED) is 0.227. The van der Waals surface area contributed by atoms with Gasteiger partial charge in [-0.25, -0.2) is 8.42 Å². The number of nitrogens with zero attached hydrogens (tertiary/aromatic N) is 3. The Hall–Kier alpha value is -3.67. The summed E-state index contributed by atoms with van der Waals surface area (Å²) in [6, 6.07) is 16.2. The molecule has 1 N–H and O–H groups in total. The standard InChI is InChI=1S/C27H28Cl2N4O6S/c1-3-25(27(35)30-4-2)31(17-22-23(28)11-8-12-24(22)29)26(34)18-32(19-13-15-20(16-14-19)33(36)37)40(38,39)21-9-6-5-7-10-21/h5-16,25H,3-4,17-18H2,1-2H3,(H,30,35)/t25-/m1/s1. The molecule has 0 radical (unpaired) electrons. The zero-order valence-corrected chi connectivity index (χ0v) is 24.1. The van der Waals surface area contributed by atoms with Gasteiger partial charge in [0.25, 0.3) is 15.7 Å². The van der Waals surface area contributed by atoms with Gasteiger partial charge in [-0.3, -0.25) is 24.0 Å². The fourth-order valence-electron chi connectivity index (χ4n) is 4.05. The van der Waals surface area contributed by atoms with Crippen LogP contribution in [0.1, 0.15) is 25.8 Å². The number of nitro benzene ring substituents is 1. The summed E-state index contributed by atoms with van der Waals surface area (Å²) in [6.45, 7) is 2.93. The molecule has 3 aromatic carbocycles. The molecule has 3 aromatic rings. The second kappa shape index (κ2) is 13.6. The highest BCUT2D eigenvalue weighted by atomic mass is 35.5. The van der Waals surface area contributed by atoms with Gasteiger partial charge in [-0.15, -0.1) is 0 Å². The van der Waals surface area contributed by atoms with E-state index in [0.29, 0.717) is 12.1 Å². The molecule has 0 saturated heterocycles. The van der Waals surface area contributed by atoms with Crippen LogP contribution in [0.15, 0.2) is 77.7 Å². The first-order chi connectivity index (χ1) is 19.0. The van der Waals surface area contributed by atoms with Crippen LogP contribution < -0.4 is 9.62 Å². The number of amides is 2. The van der Waals surface area contributed by atoms with Crippen LogP contribution in [0, 0.1) is 10.1 Å². The molecule has 1 atom stereocenters. The Kier molecular flexibility index (Phi) is 10.5. The number of rotatable bonds is 12. The largest absolute Gasteiger partial charge is 0.355 e. The number of halogens is 2. The number of nitrogens with one attached hydrogen (secondary N) is 1. The number of sulfonamides is 1. The fourth-order valence-corrected chi connectivity index (χ4v) is 6.01. The van der Waals surface area contributed by atoms with Gasteiger partial charge in [0.15, 0.2) is 0 Å². The summed E-state index contributed by atoms with van der Waals surface area (Å²) < 4.78 is 28.4. The number of likely N-dealkylation sites (N-methyl/N-ethyl adjacent to an activating group) is 1. The van der Waals surface area contributed by atoms with Crippen molar-refractivity contribution in [3.63, 3.8) is 0 Å². The van der Waals surface area contributed by atoms with Crippen LogP contribution >= 0.6 is 23.2 Å². The van der Waals surface area contributed by atoms with E-state index in [1.165, 1.54) is 41.3 Å². The predicted molar refractivity (Wildman–Crippen MR) is 154 cm³/mol. The first-order valence-corrected chi connectivity index (χ1v) is 14.5. The normalized spacial score (nSPS) is 11.9. The van der Waals surface area contributed by atoms with Crippen LogP contribution in [-0.2, 0) is 26.2 Å². The fraction of sp³-hybridized carbons (Fsp3) is 0.259. The third kappa shape index (κ3) is 7.09. The Labute approximate surface area is 242 Å². The molecule has 0 spiro atoms. The summed E-state index contributed by atoms with van der Waals surface area (Å²) in [5, 5.41) is 14.4.